The van der Waals surface area contributed by atoms with Crippen LogP contribution in [0, 0.1) is 5.82 Å². The van der Waals surface area contributed by atoms with Crippen molar-refractivity contribution in [1.82, 2.24) is 5.32 Å². The summed E-state index contributed by atoms with van der Waals surface area (Å²) < 4.78 is 23.7. The van der Waals surface area contributed by atoms with E-state index in [0.29, 0.717) is 18.4 Å². The molecule has 1 aliphatic rings. The molecule has 0 bridgehead atoms. The van der Waals surface area contributed by atoms with Crippen LogP contribution in [0.15, 0.2) is 36.4 Å². The third kappa shape index (κ3) is 2.99. The maximum atomic E-state index is 12.9. The van der Waals surface area contributed by atoms with Crippen molar-refractivity contribution in [2.24, 2.45) is 0 Å². The summed E-state index contributed by atoms with van der Waals surface area (Å²) in [5.74, 6) is 1.05. The minimum atomic E-state index is -0.357. The van der Waals surface area contributed by atoms with Crippen molar-refractivity contribution >= 4 is 5.91 Å². The number of amides is 1. The fourth-order valence-corrected chi connectivity index (χ4v) is 3.02. The van der Waals surface area contributed by atoms with Crippen LogP contribution in [0.5, 0.6) is 11.5 Å². The first kappa shape index (κ1) is 15.3. The highest BCUT2D eigenvalue weighted by Crippen LogP contribution is 2.37. The van der Waals surface area contributed by atoms with E-state index >= 15 is 0 Å². The molecule has 0 saturated carbocycles. The van der Waals surface area contributed by atoms with Gasteiger partial charge in [0.2, 0.25) is 0 Å². The maximum Gasteiger partial charge on any atom is 0.251 e. The summed E-state index contributed by atoms with van der Waals surface area (Å²) in [5, 5.41) is 2.99. The number of benzene rings is 2. The van der Waals surface area contributed by atoms with Crippen molar-refractivity contribution in [3.8, 4) is 11.5 Å². The molecule has 0 fully saturated rings. The van der Waals surface area contributed by atoms with E-state index in [9.17, 15) is 9.18 Å². The van der Waals surface area contributed by atoms with Crippen LogP contribution in [0.4, 0.5) is 4.39 Å². The van der Waals surface area contributed by atoms with Crippen LogP contribution in [0.2, 0.25) is 0 Å². The van der Waals surface area contributed by atoms with E-state index in [4.69, 9.17) is 9.47 Å². The number of ether oxygens (including phenoxy) is 2. The minimum Gasteiger partial charge on any atom is -0.496 e. The molecule has 3 rings (SSSR count). The van der Waals surface area contributed by atoms with Gasteiger partial charge in [0, 0.05) is 22.7 Å². The zero-order valence-electron chi connectivity index (χ0n) is 13.1. The highest BCUT2D eigenvalue weighted by Gasteiger charge is 2.28. The predicted octanol–water partition coefficient (Wildman–Crippen LogP) is 2.74. The molecule has 120 valence electrons. The lowest BCUT2D eigenvalue weighted by molar-refractivity contribution is 0.0938. The van der Waals surface area contributed by atoms with E-state index in [-0.39, 0.29) is 17.8 Å². The Labute approximate surface area is 134 Å². The molecule has 0 atom stereocenters. The Morgan fingerprint density at radius 2 is 1.52 bits per heavy atom. The van der Waals surface area contributed by atoms with Gasteiger partial charge in [-0.2, -0.15) is 0 Å². The molecule has 0 aromatic heterocycles. The average molecular weight is 315 g/mol. The van der Waals surface area contributed by atoms with Crippen molar-refractivity contribution < 1.29 is 18.7 Å². The molecule has 23 heavy (non-hydrogen) atoms. The standard InChI is InChI=1S/C18H18FNO3/c1-22-16-7-8-17(23-2)15-10-13(9-14(15)16)20-18(21)11-3-5-12(19)6-4-11/h3-8,13H,9-10H2,1-2H3,(H,20,21). The Hall–Kier alpha value is -2.56. The zero-order valence-corrected chi connectivity index (χ0v) is 13.1. The second-order valence-electron chi connectivity index (χ2n) is 5.51. The van der Waals surface area contributed by atoms with E-state index < -0.39 is 0 Å². The second kappa shape index (κ2) is 6.28. The van der Waals surface area contributed by atoms with Crippen molar-refractivity contribution in [2.45, 2.75) is 18.9 Å². The number of fused-ring (bicyclic) bond motifs is 1. The molecular weight excluding hydrogens is 297 g/mol. The Balaban J connectivity index is 1.77. The Morgan fingerprint density at radius 1 is 1.00 bits per heavy atom. The number of nitrogens with one attached hydrogen (secondary N) is 1. The molecular formula is C18H18FNO3. The first-order valence-corrected chi connectivity index (χ1v) is 7.41. The molecule has 2 aromatic carbocycles. The average Bonchev–Trinajstić information content (AvgIpc) is 2.97. The van der Waals surface area contributed by atoms with E-state index in [0.717, 1.165) is 22.6 Å². The normalized spacial score (nSPS) is 13.5. The molecule has 0 saturated heterocycles. The summed E-state index contributed by atoms with van der Waals surface area (Å²) in [6, 6.07) is 9.24. The SMILES string of the molecule is COc1ccc(OC)c2c1CC(NC(=O)c1ccc(F)cc1)C2. The predicted molar refractivity (Wildman–Crippen MR) is 84.6 cm³/mol. The number of methoxy groups -OCH3 is 2. The number of carbonyl (C=O) groups excluding carboxylic acids is 1. The molecule has 0 spiro atoms. The lowest BCUT2D eigenvalue weighted by Crippen LogP contribution is -2.35. The Bertz CT molecular complexity index is 695. The fraction of sp³-hybridized carbons (Fsp3) is 0.278. The van der Waals surface area contributed by atoms with Crippen molar-refractivity contribution in [1.29, 1.82) is 0 Å². The number of carbonyl (C=O) groups is 1. The molecule has 4 nitrogen and oxygen atoms in total. The number of halogens is 1. The third-order valence-corrected chi connectivity index (χ3v) is 4.13. The number of rotatable bonds is 4. The van der Waals surface area contributed by atoms with Crippen LogP contribution in [0.25, 0.3) is 0 Å². The van der Waals surface area contributed by atoms with Gasteiger partial charge in [-0.05, 0) is 49.2 Å². The summed E-state index contributed by atoms with van der Waals surface area (Å²) in [6.45, 7) is 0. The third-order valence-electron chi connectivity index (χ3n) is 4.13. The fourth-order valence-electron chi connectivity index (χ4n) is 3.02. The largest absolute Gasteiger partial charge is 0.496 e. The van der Waals surface area contributed by atoms with Gasteiger partial charge in [-0.25, -0.2) is 4.39 Å². The lowest BCUT2D eigenvalue weighted by atomic mass is 10.1. The van der Waals surface area contributed by atoms with Crippen LogP contribution in [0.1, 0.15) is 21.5 Å². The van der Waals surface area contributed by atoms with Crippen LogP contribution >= 0.6 is 0 Å². The topological polar surface area (TPSA) is 47.6 Å². The first-order valence-electron chi connectivity index (χ1n) is 7.41. The van der Waals surface area contributed by atoms with Crippen LogP contribution in [0.3, 0.4) is 0 Å². The smallest absolute Gasteiger partial charge is 0.251 e. The maximum absolute atomic E-state index is 12.9. The van der Waals surface area contributed by atoms with Crippen molar-refractivity contribution in [3.05, 3.63) is 58.9 Å². The molecule has 0 radical (unpaired) electrons. The van der Waals surface area contributed by atoms with Gasteiger partial charge in [-0.3, -0.25) is 4.79 Å². The summed E-state index contributed by atoms with van der Waals surface area (Å²) in [7, 11) is 3.26. The zero-order chi connectivity index (χ0) is 16.4. The lowest BCUT2D eigenvalue weighted by Gasteiger charge is -2.12. The summed E-state index contributed by atoms with van der Waals surface area (Å²) in [5.41, 5.74) is 2.58. The first-order chi connectivity index (χ1) is 11.1. The summed E-state index contributed by atoms with van der Waals surface area (Å²) in [4.78, 5) is 12.3. The molecule has 0 aliphatic heterocycles. The molecule has 0 unspecified atom stereocenters. The molecule has 5 heteroatoms. The van der Waals surface area contributed by atoms with Gasteiger partial charge in [-0.1, -0.05) is 0 Å². The molecule has 0 heterocycles. The van der Waals surface area contributed by atoms with Gasteiger partial charge in [0.05, 0.1) is 14.2 Å². The van der Waals surface area contributed by atoms with Crippen LogP contribution in [-0.4, -0.2) is 26.2 Å². The van der Waals surface area contributed by atoms with E-state index in [2.05, 4.69) is 5.32 Å². The number of hydrogen-bond acceptors (Lipinski definition) is 3. The van der Waals surface area contributed by atoms with Gasteiger partial charge in [0.15, 0.2) is 0 Å². The molecule has 2 aromatic rings. The minimum absolute atomic E-state index is 0.0345. The summed E-state index contributed by atoms with van der Waals surface area (Å²) in [6.07, 6.45) is 1.37. The van der Waals surface area contributed by atoms with Gasteiger partial charge >= 0.3 is 0 Å². The van der Waals surface area contributed by atoms with Crippen molar-refractivity contribution in [2.75, 3.05) is 14.2 Å². The van der Waals surface area contributed by atoms with Crippen LogP contribution in [-0.2, 0) is 12.8 Å². The van der Waals surface area contributed by atoms with Gasteiger partial charge < -0.3 is 14.8 Å². The van der Waals surface area contributed by atoms with Gasteiger partial charge in [0.25, 0.3) is 5.91 Å². The van der Waals surface area contributed by atoms with E-state index in [1.165, 1.54) is 24.3 Å². The Morgan fingerprint density at radius 3 is 2.00 bits per heavy atom. The van der Waals surface area contributed by atoms with E-state index in [1.807, 2.05) is 12.1 Å². The van der Waals surface area contributed by atoms with Gasteiger partial charge in [-0.15, -0.1) is 0 Å². The highest BCUT2D eigenvalue weighted by molar-refractivity contribution is 5.94. The monoisotopic (exact) mass is 315 g/mol. The molecule has 1 amide bonds. The Kier molecular flexibility index (Phi) is 4.19. The quantitative estimate of drug-likeness (QED) is 0.944. The number of hydrogen-bond donors (Lipinski definition) is 1. The highest BCUT2D eigenvalue weighted by atomic mass is 19.1. The van der Waals surface area contributed by atoms with Crippen LogP contribution < -0.4 is 14.8 Å². The van der Waals surface area contributed by atoms with Crippen molar-refractivity contribution in [3.63, 3.8) is 0 Å². The van der Waals surface area contributed by atoms with E-state index in [1.54, 1.807) is 14.2 Å². The summed E-state index contributed by atoms with van der Waals surface area (Å²) >= 11 is 0. The second-order valence-corrected chi connectivity index (χ2v) is 5.51. The van der Waals surface area contributed by atoms with Gasteiger partial charge in [0.1, 0.15) is 17.3 Å². The molecule has 1 N–H and O–H groups in total. The molecule has 1 aliphatic carbocycles.